The summed E-state index contributed by atoms with van der Waals surface area (Å²) in [5.74, 6) is 2.28. The van der Waals surface area contributed by atoms with Crippen LogP contribution in [0.15, 0.2) is 24.3 Å². The Balaban J connectivity index is 0.00000529. The second-order valence-electron chi connectivity index (χ2n) is 8.11. The molecule has 1 aromatic carbocycles. The number of rotatable bonds is 8. The van der Waals surface area contributed by atoms with Crippen molar-refractivity contribution in [3.8, 4) is 5.75 Å². The minimum absolute atomic E-state index is 0. The number of hydrogen-bond donors (Lipinski definition) is 0. The van der Waals surface area contributed by atoms with E-state index in [0.717, 1.165) is 29.9 Å². The van der Waals surface area contributed by atoms with Crippen molar-refractivity contribution < 1.29 is 25.9 Å². The molecule has 0 aromatic heterocycles. The SMILES string of the molecule is CC(C)(C)[Si](C)(C)Oc1ccc(C[N+](C)(CCCl)CCCl)cc1.[Br-]. The summed E-state index contributed by atoms with van der Waals surface area (Å²) in [7, 11) is 0.439. The lowest BCUT2D eigenvalue weighted by molar-refractivity contribution is -0.918. The molecule has 0 saturated heterocycles. The molecule has 0 unspecified atom stereocenters. The maximum absolute atomic E-state index is 6.34. The topological polar surface area (TPSA) is 9.23 Å². The molecule has 140 valence electrons. The van der Waals surface area contributed by atoms with Crippen LogP contribution in [-0.2, 0) is 6.54 Å². The summed E-state index contributed by atoms with van der Waals surface area (Å²) in [6, 6.07) is 8.53. The number of quaternary nitrogens is 1. The summed E-state index contributed by atoms with van der Waals surface area (Å²) in [5, 5.41) is 0.210. The first kappa shape index (κ1) is 24.3. The zero-order valence-corrected chi connectivity index (χ0v) is 19.9. The summed E-state index contributed by atoms with van der Waals surface area (Å²) < 4.78 is 7.21. The lowest BCUT2D eigenvalue weighted by Crippen LogP contribution is -3.00. The van der Waals surface area contributed by atoms with Gasteiger partial charge in [0.1, 0.15) is 12.3 Å². The van der Waals surface area contributed by atoms with Crippen molar-refractivity contribution in [2.24, 2.45) is 0 Å². The smallest absolute Gasteiger partial charge is 0.250 e. The molecule has 0 heterocycles. The average molecular weight is 457 g/mol. The first-order valence-corrected chi connectivity index (χ1v) is 12.2. The van der Waals surface area contributed by atoms with Gasteiger partial charge in [0, 0.05) is 5.56 Å². The van der Waals surface area contributed by atoms with Gasteiger partial charge in [-0.3, -0.25) is 0 Å². The zero-order chi connectivity index (χ0) is 17.7. The van der Waals surface area contributed by atoms with E-state index in [-0.39, 0.29) is 22.0 Å². The van der Waals surface area contributed by atoms with Crippen molar-refractivity contribution in [2.75, 3.05) is 31.9 Å². The Labute approximate surface area is 170 Å². The summed E-state index contributed by atoms with van der Waals surface area (Å²) >= 11 is 11.9. The molecule has 0 N–H and O–H groups in total. The van der Waals surface area contributed by atoms with Gasteiger partial charge in [-0.2, -0.15) is 0 Å². The van der Waals surface area contributed by atoms with Crippen LogP contribution in [0.2, 0.25) is 18.1 Å². The van der Waals surface area contributed by atoms with Gasteiger partial charge in [-0.05, 0) is 42.4 Å². The summed E-state index contributed by atoms with van der Waals surface area (Å²) in [6.45, 7) is 14.1. The normalized spacial score (nSPS) is 12.7. The molecule has 6 heteroatoms. The molecule has 0 aliphatic rings. The highest BCUT2D eigenvalue weighted by Crippen LogP contribution is 2.37. The molecule has 0 atom stereocenters. The summed E-state index contributed by atoms with van der Waals surface area (Å²) in [4.78, 5) is 0. The van der Waals surface area contributed by atoms with Crippen molar-refractivity contribution in [1.29, 1.82) is 0 Å². The van der Waals surface area contributed by atoms with Gasteiger partial charge in [-0.1, -0.05) is 20.8 Å². The summed E-state index contributed by atoms with van der Waals surface area (Å²) in [5.41, 5.74) is 1.30. The molecular formula is C18H32BrCl2NOSi. The van der Waals surface area contributed by atoms with Gasteiger partial charge in [0.2, 0.25) is 8.32 Å². The molecule has 1 rings (SSSR count). The molecule has 2 nitrogen and oxygen atoms in total. The van der Waals surface area contributed by atoms with Crippen LogP contribution in [-0.4, -0.2) is 44.7 Å². The first-order valence-electron chi connectivity index (χ1n) is 8.26. The third-order valence-corrected chi connectivity index (χ3v) is 9.61. The Morgan fingerprint density at radius 2 is 1.46 bits per heavy atom. The maximum Gasteiger partial charge on any atom is 0.250 e. The van der Waals surface area contributed by atoms with Crippen LogP contribution in [0.3, 0.4) is 0 Å². The highest BCUT2D eigenvalue weighted by Gasteiger charge is 2.38. The highest BCUT2D eigenvalue weighted by atomic mass is 79.9. The Morgan fingerprint density at radius 3 is 1.83 bits per heavy atom. The van der Waals surface area contributed by atoms with Gasteiger partial charge in [0.05, 0.1) is 31.9 Å². The number of nitrogens with zero attached hydrogens (tertiary/aromatic N) is 1. The first-order chi connectivity index (χ1) is 10.5. The minimum Gasteiger partial charge on any atom is -1.00 e. The number of alkyl halides is 2. The molecule has 0 bridgehead atoms. The molecular weight excluding hydrogens is 425 g/mol. The van der Waals surface area contributed by atoms with Gasteiger partial charge in [-0.25, -0.2) is 0 Å². The Morgan fingerprint density at radius 1 is 1.00 bits per heavy atom. The van der Waals surface area contributed by atoms with Crippen molar-refractivity contribution in [3.05, 3.63) is 29.8 Å². The molecule has 0 radical (unpaired) electrons. The van der Waals surface area contributed by atoms with Crippen LogP contribution in [0, 0.1) is 0 Å². The fourth-order valence-corrected chi connectivity index (χ4v) is 4.08. The van der Waals surface area contributed by atoms with Gasteiger partial charge in [0.15, 0.2) is 0 Å². The number of halogens is 3. The van der Waals surface area contributed by atoms with Crippen molar-refractivity contribution in [3.63, 3.8) is 0 Å². The molecule has 0 aliphatic heterocycles. The third kappa shape index (κ3) is 7.25. The van der Waals surface area contributed by atoms with Crippen molar-refractivity contribution in [2.45, 2.75) is 45.4 Å². The molecule has 0 saturated carbocycles. The van der Waals surface area contributed by atoms with E-state index >= 15 is 0 Å². The fraction of sp³-hybridized carbons (Fsp3) is 0.667. The van der Waals surface area contributed by atoms with E-state index in [1.165, 1.54) is 5.56 Å². The third-order valence-electron chi connectivity index (χ3n) is 4.92. The van der Waals surface area contributed by atoms with Crippen molar-refractivity contribution >= 4 is 31.5 Å². The van der Waals surface area contributed by atoms with E-state index < -0.39 is 8.32 Å². The minimum atomic E-state index is -1.77. The predicted molar refractivity (Wildman–Crippen MR) is 105 cm³/mol. The van der Waals surface area contributed by atoms with E-state index in [1.807, 2.05) is 0 Å². The van der Waals surface area contributed by atoms with E-state index in [4.69, 9.17) is 27.6 Å². The van der Waals surface area contributed by atoms with E-state index in [9.17, 15) is 0 Å². The molecule has 0 fully saturated rings. The predicted octanol–water partition coefficient (Wildman–Crippen LogP) is 2.50. The van der Waals surface area contributed by atoms with Crippen LogP contribution < -0.4 is 21.4 Å². The van der Waals surface area contributed by atoms with E-state index in [2.05, 4.69) is 65.2 Å². The fourth-order valence-electron chi connectivity index (χ4n) is 2.23. The van der Waals surface area contributed by atoms with Crippen LogP contribution >= 0.6 is 23.2 Å². The second kappa shape index (κ2) is 9.82. The summed E-state index contributed by atoms with van der Waals surface area (Å²) in [6.07, 6.45) is 0. The Kier molecular flexibility index (Phi) is 9.92. The monoisotopic (exact) mass is 455 g/mol. The molecule has 1 aromatic rings. The maximum atomic E-state index is 6.34. The largest absolute Gasteiger partial charge is 1.00 e. The van der Waals surface area contributed by atoms with Gasteiger partial charge >= 0.3 is 0 Å². The van der Waals surface area contributed by atoms with Crippen LogP contribution in [0.25, 0.3) is 0 Å². The van der Waals surface area contributed by atoms with Gasteiger partial charge in [0.25, 0.3) is 0 Å². The number of benzene rings is 1. The second-order valence-corrected chi connectivity index (χ2v) is 13.6. The van der Waals surface area contributed by atoms with Crippen LogP contribution in [0.1, 0.15) is 26.3 Å². The van der Waals surface area contributed by atoms with Crippen LogP contribution in [0.4, 0.5) is 0 Å². The zero-order valence-electron chi connectivity index (χ0n) is 15.8. The lowest BCUT2D eigenvalue weighted by Gasteiger charge is -2.36. The Bertz CT molecular complexity index is 483. The van der Waals surface area contributed by atoms with Gasteiger partial charge in [-0.15, -0.1) is 23.2 Å². The van der Waals surface area contributed by atoms with Gasteiger partial charge < -0.3 is 25.9 Å². The quantitative estimate of drug-likeness (QED) is 0.331. The standard InChI is InChI=1S/C18H32Cl2NOSi.BrH/c1-18(2,3)23(5,6)22-17-9-7-16(8-10-17)15-21(4,13-11-19)14-12-20;/h7-10H,11-15H2,1-6H3;1H/q+1;/p-1. The average Bonchev–Trinajstić information content (AvgIpc) is 2.40. The van der Waals surface area contributed by atoms with Crippen LogP contribution in [0.5, 0.6) is 5.75 Å². The van der Waals surface area contributed by atoms with E-state index in [0.29, 0.717) is 11.8 Å². The molecule has 0 aliphatic carbocycles. The molecule has 0 spiro atoms. The lowest BCUT2D eigenvalue weighted by atomic mass is 10.2. The molecule has 0 amide bonds. The Hall–Kier alpha value is 0.257. The highest BCUT2D eigenvalue weighted by molar-refractivity contribution is 6.74. The van der Waals surface area contributed by atoms with Crippen molar-refractivity contribution in [1.82, 2.24) is 0 Å². The number of hydrogen-bond acceptors (Lipinski definition) is 1. The van der Waals surface area contributed by atoms with E-state index in [1.54, 1.807) is 0 Å². The molecule has 24 heavy (non-hydrogen) atoms.